The van der Waals surface area contributed by atoms with Gasteiger partial charge in [0.05, 0.1) is 0 Å². The van der Waals surface area contributed by atoms with Gasteiger partial charge < -0.3 is 0 Å². The molecule has 0 aromatic rings. The maximum Gasteiger partial charge on any atom is -0.0187 e. The molecular formula is C17H34. The molecule has 0 aromatic heterocycles. The quantitative estimate of drug-likeness (QED) is 0.583. The zero-order valence-electron chi connectivity index (χ0n) is 13.6. The highest BCUT2D eigenvalue weighted by Gasteiger charge is 2.67. The van der Waals surface area contributed by atoms with Crippen LogP contribution in [0.25, 0.3) is 0 Å². The first-order valence-corrected chi connectivity index (χ1v) is 7.58. The van der Waals surface area contributed by atoms with Gasteiger partial charge >= 0.3 is 0 Å². The second-order valence-electron chi connectivity index (χ2n) is 7.76. The van der Waals surface area contributed by atoms with Crippen molar-refractivity contribution in [2.24, 2.45) is 34.0 Å². The van der Waals surface area contributed by atoms with E-state index in [1.807, 2.05) is 0 Å². The Morgan fingerprint density at radius 2 is 1.59 bits per heavy atom. The standard InChI is InChI=1S/C17H34/c1-10-12(3)15(5,6)17(9)14(11-2)13(4)16(17,7)8/h12-14H,10-11H2,1-9H3. The van der Waals surface area contributed by atoms with E-state index in [-0.39, 0.29) is 0 Å². The molecule has 1 aliphatic carbocycles. The molecule has 0 N–H and O–H groups in total. The molecule has 0 spiro atoms. The normalized spacial score (nSPS) is 38.6. The lowest BCUT2D eigenvalue weighted by atomic mass is 9.32. The molecule has 0 heteroatoms. The Hall–Kier alpha value is 0. The Morgan fingerprint density at radius 1 is 1.12 bits per heavy atom. The van der Waals surface area contributed by atoms with Crippen LogP contribution in [0.15, 0.2) is 0 Å². The highest BCUT2D eigenvalue weighted by Crippen LogP contribution is 2.73. The number of rotatable bonds is 4. The Kier molecular flexibility index (Phi) is 3.79. The van der Waals surface area contributed by atoms with E-state index in [9.17, 15) is 0 Å². The van der Waals surface area contributed by atoms with Crippen LogP contribution in [0.4, 0.5) is 0 Å². The second kappa shape index (κ2) is 4.28. The van der Waals surface area contributed by atoms with Crippen LogP contribution < -0.4 is 0 Å². The van der Waals surface area contributed by atoms with E-state index in [1.165, 1.54) is 12.8 Å². The molecule has 0 saturated heterocycles. The molecule has 0 radical (unpaired) electrons. The van der Waals surface area contributed by atoms with Gasteiger partial charge in [-0.05, 0) is 34.0 Å². The van der Waals surface area contributed by atoms with Gasteiger partial charge in [-0.15, -0.1) is 0 Å². The van der Waals surface area contributed by atoms with E-state index in [0.717, 1.165) is 17.8 Å². The first-order chi connectivity index (χ1) is 7.58. The summed E-state index contributed by atoms with van der Waals surface area (Å²) < 4.78 is 0. The molecule has 0 nitrogen and oxygen atoms in total. The van der Waals surface area contributed by atoms with E-state index in [1.54, 1.807) is 0 Å². The zero-order chi connectivity index (χ0) is 13.6. The van der Waals surface area contributed by atoms with Crippen molar-refractivity contribution in [3.05, 3.63) is 0 Å². The predicted molar refractivity (Wildman–Crippen MR) is 78.1 cm³/mol. The molecule has 1 saturated carbocycles. The van der Waals surface area contributed by atoms with Crippen LogP contribution in [0.1, 0.15) is 75.2 Å². The third-order valence-electron chi connectivity index (χ3n) is 7.44. The topological polar surface area (TPSA) is 0 Å². The lowest BCUT2D eigenvalue weighted by Gasteiger charge is -2.72. The van der Waals surface area contributed by atoms with Crippen LogP contribution in [0.2, 0.25) is 0 Å². The summed E-state index contributed by atoms with van der Waals surface area (Å²) in [5, 5.41) is 0. The van der Waals surface area contributed by atoms with Gasteiger partial charge in [0.2, 0.25) is 0 Å². The summed E-state index contributed by atoms with van der Waals surface area (Å²) >= 11 is 0. The molecule has 17 heavy (non-hydrogen) atoms. The van der Waals surface area contributed by atoms with Crippen LogP contribution >= 0.6 is 0 Å². The SMILES string of the molecule is CCC(C)C(C)(C)C1(C)C(CC)C(C)C1(C)C. The summed E-state index contributed by atoms with van der Waals surface area (Å²) in [7, 11) is 0. The molecule has 0 aliphatic heterocycles. The third kappa shape index (κ3) is 1.62. The van der Waals surface area contributed by atoms with E-state index in [0.29, 0.717) is 16.2 Å². The minimum atomic E-state index is 0.429. The maximum absolute atomic E-state index is 2.56. The summed E-state index contributed by atoms with van der Waals surface area (Å²) in [5.74, 6) is 2.55. The monoisotopic (exact) mass is 238 g/mol. The molecule has 0 bridgehead atoms. The van der Waals surface area contributed by atoms with E-state index in [2.05, 4.69) is 62.3 Å². The zero-order valence-corrected chi connectivity index (χ0v) is 13.6. The van der Waals surface area contributed by atoms with Crippen LogP contribution in [-0.4, -0.2) is 0 Å². The van der Waals surface area contributed by atoms with Crippen LogP contribution in [0.5, 0.6) is 0 Å². The lowest BCUT2D eigenvalue weighted by molar-refractivity contribution is -0.247. The molecule has 1 aliphatic rings. The fraction of sp³-hybridized carbons (Fsp3) is 1.00. The number of hydrogen-bond acceptors (Lipinski definition) is 0. The Morgan fingerprint density at radius 3 is 1.94 bits per heavy atom. The Balaban J connectivity index is 3.16. The van der Waals surface area contributed by atoms with Crippen molar-refractivity contribution in [1.29, 1.82) is 0 Å². The Bertz CT molecular complexity index is 274. The summed E-state index contributed by atoms with van der Waals surface area (Å²) in [4.78, 5) is 0. The molecule has 4 unspecified atom stereocenters. The van der Waals surface area contributed by atoms with E-state index >= 15 is 0 Å². The van der Waals surface area contributed by atoms with Crippen molar-refractivity contribution in [3.8, 4) is 0 Å². The fourth-order valence-corrected chi connectivity index (χ4v) is 4.95. The minimum Gasteiger partial charge on any atom is -0.0651 e. The van der Waals surface area contributed by atoms with Gasteiger partial charge in [-0.25, -0.2) is 0 Å². The highest BCUT2D eigenvalue weighted by molar-refractivity contribution is 5.15. The van der Waals surface area contributed by atoms with Crippen LogP contribution in [0.3, 0.4) is 0 Å². The van der Waals surface area contributed by atoms with Crippen molar-refractivity contribution in [2.45, 2.75) is 75.2 Å². The second-order valence-corrected chi connectivity index (χ2v) is 7.76. The molecule has 1 rings (SSSR count). The smallest absolute Gasteiger partial charge is 0.0187 e. The largest absolute Gasteiger partial charge is 0.0651 e. The van der Waals surface area contributed by atoms with Gasteiger partial charge in [0.1, 0.15) is 0 Å². The summed E-state index contributed by atoms with van der Waals surface area (Å²) in [5.41, 5.74) is 1.38. The lowest BCUT2D eigenvalue weighted by Crippen LogP contribution is -2.67. The van der Waals surface area contributed by atoms with Gasteiger partial charge in [0.15, 0.2) is 0 Å². The molecule has 0 heterocycles. The first kappa shape index (κ1) is 15.1. The van der Waals surface area contributed by atoms with Crippen molar-refractivity contribution in [1.82, 2.24) is 0 Å². The van der Waals surface area contributed by atoms with Crippen LogP contribution in [0, 0.1) is 34.0 Å². The average Bonchev–Trinajstić information content (AvgIpc) is 2.27. The molecule has 0 aromatic carbocycles. The fourth-order valence-electron chi connectivity index (χ4n) is 4.95. The molecular weight excluding hydrogens is 204 g/mol. The first-order valence-electron chi connectivity index (χ1n) is 7.58. The highest BCUT2D eigenvalue weighted by atomic mass is 14.7. The predicted octanol–water partition coefficient (Wildman–Crippen LogP) is 5.77. The van der Waals surface area contributed by atoms with Crippen molar-refractivity contribution < 1.29 is 0 Å². The van der Waals surface area contributed by atoms with Gasteiger partial charge in [-0.3, -0.25) is 0 Å². The third-order valence-corrected chi connectivity index (χ3v) is 7.44. The summed E-state index contributed by atoms with van der Waals surface area (Å²) in [6.07, 6.45) is 2.63. The Labute approximate surface area is 110 Å². The van der Waals surface area contributed by atoms with Gasteiger partial charge in [-0.2, -0.15) is 0 Å². The van der Waals surface area contributed by atoms with E-state index in [4.69, 9.17) is 0 Å². The van der Waals surface area contributed by atoms with Gasteiger partial charge in [0.25, 0.3) is 0 Å². The van der Waals surface area contributed by atoms with Crippen molar-refractivity contribution in [3.63, 3.8) is 0 Å². The van der Waals surface area contributed by atoms with Crippen LogP contribution in [-0.2, 0) is 0 Å². The maximum atomic E-state index is 2.56. The minimum absolute atomic E-state index is 0.429. The molecule has 4 atom stereocenters. The van der Waals surface area contributed by atoms with Crippen molar-refractivity contribution >= 4 is 0 Å². The molecule has 1 fully saturated rings. The molecule has 102 valence electrons. The summed E-state index contributed by atoms with van der Waals surface area (Å²) in [6, 6.07) is 0. The van der Waals surface area contributed by atoms with E-state index < -0.39 is 0 Å². The average molecular weight is 238 g/mol. The van der Waals surface area contributed by atoms with Gasteiger partial charge in [0, 0.05) is 0 Å². The van der Waals surface area contributed by atoms with Crippen molar-refractivity contribution in [2.75, 3.05) is 0 Å². The number of hydrogen-bond donors (Lipinski definition) is 0. The van der Waals surface area contributed by atoms with Gasteiger partial charge in [-0.1, -0.05) is 75.2 Å². The summed E-state index contributed by atoms with van der Waals surface area (Å²) in [6.45, 7) is 22.2. The molecule has 0 amide bonds.